The number of rotatable bonds is 6. The molecule has 0 atom stereocenters. The van der Waals surface area contributed by atoms with Gasteiger partial charge in [-0.25, -0.2) is 13.4 Å². The van der Waals surface area contributed by atoms with Gasteiger partial charge in [-0.3, -0.25) is 4.79 Å². The summed E-state index contributed by atoms with van der Waals surface area (Å²) in [5.74, 6) is -0.0666. The third-order valence-corrected chi connectivity index (χ3v) is 9.99. The molecule has 0 N–H and O–H groups in total. The average molecular weight is 503 g/mol. The summed E-state index contributed by atoms with van der Waals surface area (Å²) in [5.41, 5.74) is 1.52. The van der Waals surface area contributed by atoms with Crippen LogP contribution in [0.4, 0.5) is 5.13 Å². The van der Waals surface area contributed by atoms with Crippen molar-refractivity contribution in [3.63, 3.8) is 0 Å². The first-order valence-electron chi connectivity index (χ1n) is 10.9. The van der Waals surface area contributed by atoms with Crippen molar-refractivity contribution in [2.45, 2.75) is 28.7 Å². The summed E-state index contributed by atoms with van der Waals surface area (Å²) in [5, 5.41) is 0.990. The molecule has 0 bridgehead atoms. The van der Waals surface area contributed by atoms with Crippen LogP contribution >= 0.6 is 23.1 Å². The molecule has 3 aromatic rings. The zero-order valence-electron chi connectivity index (χ0n) is 18.6. The van der Waals surface area contributed by atoms with Crippen molar-refractivity contribution in [3.8, 4) is 0 Å². The van der Waals surface area contributed by atoms with Gasteiger partial charge in [-0.1, -0.05) is 11.3 Å². The molecule has 1 amide bonds. The lowest BCUT2D eigenvalue weighted by atomic mass is 10.2. The summed E-state index contributed by atoms with van der Waals surface area (Å²) >= 11 is 3.41. The molecule has 0 radical (unpaired) electrons. The Bertz CT molecular complexity index is 1280. The number of thiazole rings is 1. The Hall–Kier alpha value is -2.14. The van der Waals surface area contributed by atoms with E-state index < -0.39 is 10.0 Å². The molecule has 2 aliphatic rings. The Morgan fingerprint density at radius 1 is 1.09 bits per heavy atom. The standard InChI is InChI=1S/C23H26N4O3S3/c1-25(17-5-6-17)33(29,30)19-8-3-16(4-9-19)22(28)26-11-13-27(14-12-26)23-24-20-10-7-18(31-2)15-21(20)32-23/h3-4,7-10,15,17H,5-6,11-14H2,1-2H3. The van der Waals surface area contributed by atoms with Crippen LogP contribution in [-0.4, -0.2) is 74.0 Å². The highest BCUT2D eigenvalue weighted by molar-refractivity contribution is 7.98. The van der Waals surface area contributed by atoms with Crippen molar-refractivity contribution in [1.29, 1.82) is 0 Å². The molecule has 1 aromatic heterocycles. The maximum atomic E-state index is 13.0. The number of aromatic nitrogens is 1. The molecule has 1 saturated carbocycles. The van der Waals surface area contributed by atoms with E-state index in [9.17, 15) is 13.2 Å². The van der Waals surface area contributed by atoms with Gasteiger partial charge in [0, 0.05) is 49.7 Å². The van der Waals surface area contributed by atoms with Crippen LogP contribution in [0.2, 0.25) is 0 Å². The Balaban J connectivity index is 1.23. The van der Waals surface area contributed by atoms with Gasteiger partial charge in [0.2, 0.25) is 10.0 Å². The lowest BCUT2D eigenvalue weighted by Gasteiger charge is -2.34. The van der Waals surface area contributed by atoms with E-state index in [0.717, 1.165) is 36.6 Å². The third-order valence-electron chi connectivity index (χ3n) is 6.26. The first kappa shape index (κ1) is 22.6. The largest absolute Gasteiger partial charge is 0.345 e. The van der Waals surface area contributed by atoms with Gasteiger partial charge < -0.3 is 9.80 Å². The molecule has 33 heavy (non-hydrogen) atoms. The first-order valence-corrected chi connectivity index (χ1v) is 14.4. The van der Waals surface area contributed by atoms with Gasteiger partial charge >= 0.3 is 0 Å². The van der Waals surface area contributed by atoms with Crippen molar-refractivity contribution in [2.75, 3.05) is 44.4 Å². The summed E-state index contributed by atoms with van der Waals surface area (Å²) < 4.78 is 28.0. The fourth-order valence-corrected chi connectivity index (χ4v) is 7.00. The zero-order chi connectivity index (χ0) is 23.2. The molecule has 2 fully saturated rings. The van der Waals surface area contributed by atoms with E-state index in [4.69, 9.17) is 4.98 Å². The average Bonchev–Trinajstić information content (AvgIpc) is 3.61. The number of carbonyl (C=O) groups excluding carboxylic acids is 1. The number of benzene rings is 2. The molecule has 1 aliphatic heterocycles. The van der Waals surface area contributed by atoms with Crippen LogP contribution in [0.25, 0.3) is 10.2 Å². The lowest BCUT2D eigenvalue weighted by Crippen LogP contribution is -2.48. The summed E-state index contributed by atoms with van der Waals surface area (Å²) in [6.07, 6.45) is 3.89. The minimum atomic E-state index is -3.50. The Morgan fingerprint density at radius 2 is 1.79 bits per heavy atom. The quantitative estimate of drug-likeness (QED) is 0.478. The van der Waals surface area contributed by atoms with Crippen molar-refractivity contribution in [1.82, 2.24) is 14.2 Å². The van der Waals surface area contributed by atoms with E-state index in [-0.39, 0.29) is 16.8 Å². The third kappa shape index (κ3) is 4.49. The van der Waals surface area contributed by atoms with E-state index in [1.165, 1.54) is 13.9 Å². The second kappa shape index (κ2) is 8.90. The zero-order valence-corrected chi connectivity index (χ0v) is 21.0. The van der Waals surface area contributed by atoms with Crippen LogP contribution in [0.1, 0.15) is 23.2 Å². The summed E-state index contributed by atoms with van der Waals surface area (Å²) in [6.45, 7) is 2.66. The molecule has 5 rings (SSSR count). The van der Waals surface area contributed by atoms with Gasteiger partial charge in [-0.05, 0) is 61.6 Å². The van der Waals surface area contributed by atoms with Crippen molar-refractivity contribution >= 4 is 54.4 Å². The van der Waals surface area contributed by atoms with Gasteiger partial charge in [0.05, 0.1) is 15.1 Å². The van der Waals surface area contributed by atoms with Gasteiger partial charge in [0.25, 0.3) is 5.91 Å². The molecule has 7 nitrogen and oxygen atoms in total. The van der Waals surface area contributed by atoms with Gasteiger partial charge in [0.1, 0.15) is 0 Å². The van der Waals surface area contributed by atoms with Crippen LogP contribution in [0.5, 0.6) is 0 Å². The highest BCUT2D eigenvalue weighted by Crippen LogP contribution is 2.32. The van der Waals surface area contributed by atoms with Crippen LogP contribution in [0, 0.1) is 0 Å². The molecule has 2 heterocycles. The van der Waals surface area contributed by atoms with Crippen LogP contribution in [0.3, 0.4) is 0 Å². The van der Waals surface area contributed by atoms with E-state index in [0.29, 0.717) is 18.7 Å². The molecule has 0 spiro atoms. The number of carbonyl (C=O) groups is 1. The van der Waals surface area contributed by atoms with Crippen molar-refractivity contribution < 1.29 is 13.2 Å². The monoisotopic (exact) mass is 502 g/mol. The number of fused-ring (bicyclic) bond motifs is 1. The summed E-state index contributed by atoms with van der Waals surface area (Å²) in [4.78, 5) is 23.3. The smallest absolute Gasteiger partial charge is 0.253 e. The van der Waals surface area contributed by atoms with E-state index in [2.05, 4.69) is 29.4 Å². The molecular formula is C23H26N4O3S3. The predicted octanol–water partition coefficient (Wildman–Crippen LogP) is 3.76. The number of hydrogen-bond acceptors (Lipinski definition) is 7. The van der Waals surface area contributed by atoms with E-state index in [1.54, 1.807) is 54.4 Å². The Labute approximate surface area is 202 Å². The van der Waals surface area contributed by atoms with Gasteiger partial charge in [-0.2, -0.15) is 4.31 Å². The van der Waals surface area contributed by atoms with Crippen molar-refractivity contribution in [3.05, 3.63) is 48.0 Å². The molecule has 1 aliphatic carbocycles. The topological polar surface area (TPSA) is 73.8 Å². The van der Waals surface area contributed by atoms with Gasteiger partial charge in [-0.15, -0.1) is 11.8 Å². The Morgan fingerprint density at radius 3 is 2.42 bits per heavy atom. The van der Waals surface area contributed by atoms with E-state index >= 15 is 0 Å². The second-order valence-corrected chi connectivity index (χ2v) is 12.3. The SMILES string of the molecule is CSc1ccc2nc(N3CCN(C(=O)c4ccc(S(=O)(=O)N(C)C5CC5)cc4)CC3)sc2c1. The summed E-state index contributed by atoms with van der Waals surface area (Å²) in [6, 6.07) is 12.8. The lowest BCUT2D eigenvalue weighted by molar-refractivity contribution is 0.0746. The summed E-state index contributed by atoms with van der Waals surface area (Å²) in [7, 11) is -1.88. The number of amides is 1. The molecule has 2 aromatic carbocycles. The number of hydrogen-bond donors (Lipinski definition) is 0. The number of piperazine rings is 1. The van der Waals surface area contributed by atoms with Crippen LogP contribution in [-0.2, 0) is 10.0 Å². The minimum Gasteiger partial charge on any atom is -0.345 e. The number of sulfonamides is 1. The number of thioether (sulfide) groups is 1. The highest BCUT2D eigenvalue weighted by atomic mass is 32.2. The predicted molar refractivity (Wildman–Crippen MR) is 134 cm³/mol. The molecule has 0 unspecified atom stereocenters. The van der Waals surface area contributed by atoms with E-state index in [1.807, 2.05) is 4.90 Å². The minimum absolute atomic E-state index is 0.0666. The normalized spacial score (nSPS) is 17.2. The maximum absolute atomic E-state index is 13.0. The highest BCUT2D eigenvalue weighted by Gasteiger charge is 2.35. The fourth-order valence-electron chi connectivity index (χ4n) is 4.01. The first-order chi connectivity index (χ1) is 15.9. The molecule has 1 saturated heterocycles. The van der Waals surface area contributed by atoms with Gasteiger partial charge in [0.15, 0.2) is 5.13 Å². The van der Waals surface area contributed by atoms with Crippen molar-refractivity contribution in [2.24, 2.45) is 0 Å². The molecule has 174 valence electrons. The maximum Gasteiger partial charge on any atom is 0.253 e. The fraction of sp³-hybridized carbons (Fsp3) is 0.391. The molecule has 10 heteroatoms. The number of nitrogens with zero attached hydrogens (tertiary/aromatic N) is 4. The van der Waals surface area contributed by atoms with Crippen LogP contribution in [0.15, 0.2) is 52.3 Å². The molecular weight excluding hydrogens is 476 g/mol. The number of anilines is 1. The Kier molecular flexibility index (Phi) is 6.11. The second-order valence-electron chi connectivity index (χ2n) is 8.39. The van der Waals surface area contributed by atoms with Crippen LogP contribution < -0.4 is 4.90 Å².